The van der Waals surface area contributed by atoms with E-state index in [1.807, 2.05) is 30.3 Å². The fraction of sp³-hybridized carbons (Fsp3) is 0.118. The standard InChI is InChI=1S/C17H15FN2O/c1-21-15-8-7-12(18)10-14(15)16(19)13-6-2-4-11-5-3-9-20-17(11)13/h2-10,16H,19H2,1H3. The summed E-state index contributed by atoms with van der Waals surface area (Å²) >= 11 is 0. The first-order chi connectivity index (χ1) is 10.2. The highest BCUT2D eigenvalue weighted by atomic mass is 19.1. The predicted molar refractivity (Wildman–Crippen MR) is 80.7 cm³/mol. The molecule has 0 aliphatic heterocycles. The van der Waals surface area contributed by atoms with Gasteiger partial charge >= 0.3 is 0 Å². The molecule has 0 amide bonds. The van der Waals surface area contributed by atoms with E-state index in [0.717, 1.165) is 16.5 Å². The third kappa shape index (κ3) is 2.45. The second-order valence-electron chi connectivity index (χ2n) is 4.79. The molecule has 1 aromatic heterocycles. The zero-order valence-electron chi connectivity index (χ0n) is 11.6. The molecule has 1 atom stereocenters. The van der Waals surface area contributed by atoms with Crippen LogP contribution in [0.2, 0.25) is 0 Å². The zero-order chi connectivity index (χ0) is 14.8. The first kappa shape index (κ1) is 13.5. The number of aromatic nitrogens is 1. The minimum absolute atomic E-state index is 0.338. The SMILES string of the molecule is COc1ccc(F)cc1C(N)c1cccc2cccnc12. The molecule has 1 unspecified atom stereocenters. The molecule has 2 N–H and O–H groups in total. The summed E-state index contributed by atoms with van der Waals surface area (Å²) in [7, 11) is 1.55. The second kappa shape index (κ2) is 5.50. The Bertz CT molecular complexity index is 783. The highest BCUT2D eigenvalue weighted by molar-refractivity contribution is 5.82. The molecule has 21 heavy (non-hydrogen) atoms. The minimum atomic E-state index is -0.505. The number of nitrogens with zero attached hydrogens (tertiary/aromatic N) is 1. The summed E-state index contributed by atoms with van der Waals surface area (Å²) in [4.78, 5) is 4.39. The third-order valence-electron chi connectivity index (χ3n) is 3.53. The van der Waals surface area contributed by atoms with E-state index in [1.165, 1.54) is 12.1 Å². The van der Waals surface area contributed by atoms with Gasteiger partial charge < -0.3 is 10.5 Å². The molecule has 0 aliphatic rings. The van der Waals surface area contributed by atoms with Crippen molar-refractivity contribution in [3.63, 3.8) is 0 Å². The summed E-state index contributed by atoms with van der Waals surface area (Å²) in [5.74, 6) is 0.228. The largest absolute Gasteiger partial charge is 0.496 e. The molecule has 0 saturated carbocycles. The molecule has 3 aromatic rings. The number of fused-ring (bicyclic) bond motifs is 1. The van der Waals surface area contributed by atoms with Crippen LogP contribution in [0.15, 0.2) is 54.7 Å². The Morgan fingerprint density at radius 2 is 1.90 bits per heavy atom. The molecule has 0 bridgehead atoms. The van der Waals surface area contributed by atoms with E-state index in [4.69, 9.17) is 10.5 Å². The van der Waals surface area contributed by atoms with E-state index in [1.54, 1.807) is 19.4 Å². The number of para-hydroxylation sites is 1. The lowest BCUT2D eigenvalue weighted by atomic mass is 9.96. The van der Waals surface area contributed by atoms with E-state index < -0.39 is 6.04 Å². The maximum atomic E-state index is 13.5. The molecule has 0 fully saturated rings. The monoisotopic (exact) mass is 282 g/mol. The van der Waals surface area contributed by atoms with Crippen molar-refractivity contribution in [2.24, 2.45) is 5.73 Å². The number of halogens is 1. The molecule has 0 aliphatic carbocycles. The van der Waals surface area contributed by atoms with Gasteiger partial charge in [-0.2, -0.15) is 0 Å². The van der Waals surface area contributed by atoms with Crippen LogP contribution in [0.5, 0.6) is 5.75 Å². The van der Waals surface area contributed by atoms with Crippen LogP contribution in [-0.2, 0) is 0 Å². The number of hydrogen-bond acceptors (Lipinski definition) is 3. The van der Waals surface area contributed by atoms with Gasteiger partial charge in [0.1, 0.15) is 11.6 Å². The fourth-order valence-corrected chi connectivity index (χ4v) is 2.49. The summed E-state index contributed by atoms with van der Waals surface area (Å²) in [5, 5.41) is 1.00. The molecular formula is C17H15FN2O. The van der Waals surface area contributed by atoms with Gasteiger partial charge in [0.15, 0.2) is 0 Å². The van der Waals surface area contributed by atoms with Gasteiger partial charge in [0.25, 0.3) is 0 Å². The Balaban J connectivity index is 2.17. The molecule has 3 rings (SSSR count). The van der Waals surface area contributed by atoms with Gasteiger partial charge in [0, 0.05) is 17.1 Å². The number of nitrogens with two attached hydrogens (primary N) is 1. The Morgan fingerprint density at radius 1 is 1.10 bits per heavy atom. The van der Waals surface area contributed by atoms with Gasteiger partial charge in [-0.1, -0.05) is 24.3 Å². The smallest absolute Gasteiger partial charge is 0.124 e. The molecule has 106 valence electrons. The highest BCUT2D eigenvalue weighted by Gasteiger charge is 2.17. The van der Waals surface area contributed by atoms with Crippen LogP contribution in [0.1, 0.15) is 17.2 Å². The lowest BCUT2D eigenvalue weighted by Gasteiger charge is -2.17. The van der Waals surface area contributed by atoms with E-state index in [0.29, 0.717) is 11.3 Å². The van der Waals surface area contributed by atoms with E-state index in [9.17, 15) is 4.39 Å². The van der Waals surface area contributed by atoms with Gasteiger partial charge in [-0.3, -0.25) is 4.98 Å². The van der Waals surface area contributed by atoms with Crippen molar-refractivity contribution in [3.05, 3.63) is 71.7 Å². The number of methoxy groups -OCH3 is 1. The van der Waals surface area contributed by atoms with Crippen LogP contribution < -0.4 is 10.5 Å². The summed E-state index contributed by atoms with van der Waals surface area (Å²) in [6.07, 6.45) is 1.72. The number of pyridine rings is 1. The molecule has 3 nitrogen and oxygen atoms in total. The van der Waals surface area contributed by atoms with Crippen molar-refractivity contribution >= 4 is 10.9 Å². The molecule has 0 saturated heterocycles. The second-order valence-corrected chi connectivity index (χ2v) is 4.79. The topological polar surface area (TPSA) is 48.1 Å². The van der Waals surface area contributed by atoms with E-state index >= 15 is 0 Å². The lowest BCUT2D eigenvalue weighted by Crippen LogP contribution is -2.14. The average Bonchev–Trinajstić information content (AvgIpc) is 2.53. The third-order valence-corrected chi connectivity index (χ3v) is 3.53. The van der Waals surface area contributed by atoms with Gasteiger partial charge in [-0.25, -0.2) is 4.39 Å². The summed E-state index contributed by atoms with van der Waals surface area (Å²) in [5.41, 5.74) is 8.61. The van der Waals surface area contributed by atoms with Gasteiger partial charge in [0.2, 0.25) is 0 Å². The zero-order valence-corrected chi connectivity index (χ0v) is 11.6. The Morgan fingerprint density at radius 3 is 2.71 bits per heavy atom. The van der Waals surface area contributed by atoms with Gasteiger partial charge in [0.05, 0.1) is 18.7 Å². The first-order valence-corrected chi connectivity index (χ1v) is 6.63. The Labute approximate surface area is 122 Å². The average molecular weight is 282 g/mol. The molecular weight excluding hydrogens is 267 g/mol. The Kier molecular flexibility index (Phi) is 3.54. The van der Waals surface area contributed by atoms with Crippen LogP contribution in [0.3, 0.4) is 0 Å². The number of ether oxygens (including phenoxy) is 1. The van der Waals surface area contributed by atoms with Crippen LogP contribution in [0, 0.1) is 5.82 Å². The quantitative estimate of drug-likeness (QED) is 0.800. The van der Waals surface area contributed by atoms with Crippen molar-refractivity contribution in [1.82, 2.24) is 4.98 Å². The minimum Gasteiger partial charge on any atom is -0.496 e. The van der Waals surface area contributed by atoms with Crippen molar-refractivity contribution < 1.29 is 9.13 Å². The predicted octanol–water partition coefficient (Wildman–Crippen LogP) is 3.43. The van der Waals surface area contributed by atoms with Crippen LogP contribution in [0.4, 0.5) is 4.39 Å². The van der Waals surface area contributed by atoms with E-state index in [2.05, 4.69) is 4.98 Å². The maximum Gasteiger partial charge on any atom is 0.124 e. The van der Waals surface area contributed by atoms with Crippen molar-refractivity contribution in [3.8, 4) is 5.75 Å². The molecule has 4 heteroatoms. The highest BCUT2D eigenvalue weighted by Crippen LogP contribution is 2.31. The van der Waals surface area contributed by atoms with Gasteiger partial charge in [-0.15, -0.1) is 0 Å². The van der Waals surface area contributed by atoms with Crippen LogP contribution in [-0.4, -0.2) is 12.1 Å². The molecule has 1 heterocycles. The molecule has 0 spiro atoms. The Hall–Kier alpha value is -2.46. The number of benzene rings is 2. The first-order valence-electron chi connectivity index (χ1n) is 6.63. The van der Waals surface area contributed by atoms with Gasteiger partial charge in [-0.05, 0) is 29.8 Å². The van der Waals surface area contributed by atoms with Crippen molar-refractivity contribution in [2.45, 2.75) is 6.04 Å². The molecule has 0 radical (unpaired) electrons. The normalized spacial score (nSPS) is 12.3. The molecule has 2 aromatic carbocycles. The maximum absolute atomic E-state index is 13.5. The fourth-order valence-electron chi connectivity index (χ4n) is 2.49. The summed E-state index contributed by atoms with van der Waals surface area (Å²) in [6.45, 7) is 0. The van der Waals surface area contributed by atoms with E-state index in [-0.39, 0.29) is 5.82 Å². The van der Waals surface area contributed by atoms with Crippen molar-refractivity contribution in [1.29, 1.82) is 0 Å². The number of rotatable bonds is 3. The lowest BCUT2D eigenvalue weighted by molar-refractivity contribution is 0.406. The van der Waals surface area contributed by atoms with Crippen LogP contribution >= 0.6 is 0 Å². The summed E-state index contributed by atoms with van der Waals surface area (Å²) < 4.78 is 18.8. The van der Waals surface area contributed by atoms with Crippen LogP contribution in [0.25, 0.3) is 10.9 Å². The summed E-state index contributed by atoms with van der Waals surface area (Å²) in [6, 6.07) is 13.5. The number of hydrogen-bond donors (Lipinski definition) is 1. The van der Waals surface area contributed by atoms with Crippen molar-refractivity contribution in [2.75, 3.05) is 7.11 Å².